The van der Waals surface area contributed by atoms with Crippen molar-refractivity contribution in [1.82, 2.24) is 4.90 Å². The third kappa shape index (κ3) is 4.42. The van der Waals surface area contributed by atoms with Crippen LogP contribution in [0.2, 0.25) is 0 Å². The molecule has 5 rings (SSSR count). The van der Waals surface area contributed by atoms with E-state index in [-0.39, 0.29) is 31.0 Å². The van der Waals surface area contributed by atoms with Crippen molar-refractivity contribution in [3.63, 3.8) is 0 Å². The van der Waals surface area contributed by atoms with Gasteiger partial charge in [-0.3, -0.25) is 4.79 Å². The smallest absolute Gasteiger partial charge is 0.374 e. The van der Waals surface area contributed by atoms with Crippen molar-refractivity contribution in [3.05, 3.63) is 70.3 Å². The number of carbonyl (C=O) groups excluding carboxylic acids is 1. The molecule has 0 bridgehead atoms. The summed E-state index contributed by atoms with van der Waals surface area (Å²) in [6.45, 7) is 0.360. The number of carbonyl (C=O) groups is 1. The zero-order chi connectivity index (χ0) is 27.7. The maximum atomic E-state index is 14.2. The van der Waals surface area contributed by atoms with Gasteiger partial charge in [0.1, 0.15) is 11.4 Å². The summed E-state index contributed by atoms with van der Waals surface area (Å²) in [6, 6.07) is 7.63. The van der Waals surface area contributed by atoms with Gasteiger partial charge >= 0.3 is 12.4 Å². The number of alkyl halides is 6. The minimum atomic E-state index is -5.07. The lowest BCUT2D eigenvalue weighted by Crippen LogP contribution is -2.62. The van der Waals surface area contributed by atoms with Crippen LogP contribution in [0.15, 0.2) is 47.6 Å². The van der Waals surface area contributed by atoms with Crippen molar-refractivity contribution >= 4 is 21.5 Å². The van der Waals surface area contributed by atoms with Crippen LogP contribution in [0.3, 0.4) is 0 Å². The number of hydrogen-bond acceptors (Lipinski definition) is 6. The normalized spacial score (nSPS) is 22.6. The van der Waals surface area contributed by atoms with Gasteiger partial charge < -0.3 is 14.5 Å². The van der Waals surface area contributed by atoms with Gasteiger partial charge in [0.2, 0.25) is 5.91 Å². The molecule has 2 aromatic carbocycles. The molecule has 1 saturated heterocycles. The lowest BCUT2D eigenvalue weighted by atomic mass is 9.83. The molecule has 14 heteroatoms. The first-order valence-electron chi connectivity index (χ1n) is 11.3. The zero-order valence-corrected chi connectivity index (χ0v) is 20.5. The van der Waals surface area contributed by atoms with Crippen LogP contribution in [-0.4, -0.2) is 56.2 Å². The highest BCUT2D eigenvalue weighted by Gasteiger charge is 2.62. The minimum Gasteiger partial charge on any atom is -0.374 e. The lowest BCUT2D eigenvalue weighted by molar-refractivity contribution is -0.276. The van der Waals surface area contributed by atoms with Gasteiger partial charge in [-0.1, -0.05) is 29.4 Å². The van der Waals surface area contributed by atoms with Gasteiger partial charge in [0.15, 0.2) is 9.84 Å². The number of likely N-dealkylation sites (tertiary alicyclic amines) is 1. The van der Waals surface area contributed by atoms with Crippen molar-refractivity contribution in [2.45, 2.75) is 36.6 Å². The molecule has 0 unspecified atom stereocenters. The Labute approximate surface area is 212 Å². The van der Waals surface area contributed by atoms with E-state index in [0.717, 1.165) is 18.4 Å². The van der Waals surface area contributed by atoms with Gasteiger partial charge in [0.25, 0.3) is 5.60 Å². The molecule has 0 aliphatic carbocycles. The average molecular weight is 562 g/mol. The fourth-order valence-electron chi connectivity index (χ4n) is 4.96. The summed E-state index contributed by atoms with van der Waals surface area (Å²) < 4.78 is 111. The van der Waals surface area contributed by atoms with E-state index in [2.05, 4.69) is 5.16 Å². The van der Waals surface area contributed by atoms with Crippen molar-refractivity contribution < 1.29 is 49.1 Å². The van der Waals surface area contributed by atoms with E-state index in [9.17, 15) is 39.6 Å². The van der Waals surface area contributed by atoms with Gasteiger partial charge in [-0.25, -0.2) is 8.42 Å². The summed E-state index contributed by atoms with van der Waals surface area (Å²) in [5.74, 6) is -1.18. The summed E-state index contributed by atoms with van der Waals surface area (Å²) in [5.41, 5.74) is -4.34. The number of benzene rings is 2. The third-order valence-corrected chi connectivity index (χ3v) is 7.68. The van der Waals surface area contributed by atoms with Crippen molar-refractivity contribution in [3.8, 4) is 0 Å². The standard InChI is InChI=1S/C24H20F6N2O5S/c1-38(34,35)11-20(33)32-12-21(13-32)18-6-5-14(7-15(18)10-36-21)19-9-22(37-31-19,24(28,29)30)16-3-2-4-17(8-16)23(25,26)27/h2-8H,9-13H2,1H3/t22-/m0/s1. The first-order valence-corrected chi connectivity index (χ1v) is 13.3. The second-order valence-electron chi connectivity index (χ2n) is 9.68. The molecular weight excluding hydrogens is 542 g/mol. The number of rotatable bonds is 4. The van der Waals surface area contributed by atoms with E-state index < -0.39 is 62.6 Å². The number of halogens is 6. The molecule has 38 heavy (non-hydrogen) atoms. The Morgan fingerprint density at radius 2 is 1.79 bits per heavy atom. The molecule has 3 aliphatic heterocycles. The minimum absolute atomic E-state index is 0.0953. The number of sulfone groups is 1. The number of hydrogen-bond donors (Lipinski definition) is 0. The molecular formula is C24H20F6N2O5S. The van der Waals surface area contributed by atoms with Gasteiger partial charge in [-0.15, -0.1) is 0 Å². The van der Waals surface area contributed by atoms with E-state index in [1.54, 1.807) is 12.1 Å². The molecule has 0 N–H and O–H groups in total. The molecule has 2 aromatic rings. The molecule has 7 nitrogen and oxygen atoms in total. The maximum Gasteiger partial charge on any atom is 0.435 e. The summed E-state index contributed by atoms with van der Waals surface area (Å²) in [7, 11) is -3.50. The maximum absolute atomic E-state index is 14.2. The van der Waals surface area contributed by atoms with Crippen LogP contribution in [0.25, 0.3) is 0 Å². The molecule has 3 aliphatic rings. The van der Waals surface area contributed by atoms with Gasteiger partial charge in [-0.2, -0.15) is 26.3 Å². The van der Waals surface area contributed by atoms with E-state index in [1.165, 1.54) is 11.0 Å². The summed E-state index contributed by atoms with van der Waals surface area (Å²) in [4.78, 5) is 18.4. The Morgan fingerprint density at radius 1 is 1.08 bits per heavy atom. The predicted molar refractivity (Wildman–Crippen MR) is 121 cm³/mol. The fourth-order valence-corrected chi connectivity index (χ4v) is 5.59. The predicted octanol–water partition coefficient (Wildman–Crippen LogP) is 3.90. The molecule has 1 atom stereocenters. The monoisotopic (exact) mass is 562 g/mol. The quantitative estimate of drug-likeness (QED) is 0.528. The van der Waals surface area contributed by atoms with Crippen LogP contribution in [-0.2, 0) is 48.2 Å². The number of amides is 1. The van der Waals surface area contributed by atoms with Crippen LogP contribution in [0.1, 0.15) is 34.2 Å². The Kier molecular flexibility index (Phi) is 5.88. The number of fused-ring (bicyclic) bond motifs is 2. The molecule has 3 heterocycles. The van der Waals surface area contributed by atoms with Gasteiger partial charge in [0, 0.05) is 18.2 Å². The highest BCUT2D eigenvalue weighted by Crippen LogP contribution is 2.50. The SMILES string of the molecule is CS(=O)(=O)CC(=O)N1CC2(C1)OCc1cc(C3=NO[C@@](c4cccc(C(F)(F)F)c4)(C(F)(F)F)C3)ccc12. The number of oxime groups is 1. The van der Waals surface area contributed by atoms with Crippen molar-refractivity contribution in [2.75, 3.05) is 25.1 Å². The van der Waals surface area contributed by atoms with Gasteiger partial charge in [-0.05, 0) is 34.9 Å². The second-order valence-corrected chi connectivity index (χ2v) is 11.8. The Morgan fingerprint density at radius 3 is 2.42 bits per heavy atom. The van der Waals surface area contributed by atoms with Crippen molar-refractivity contribution in [1.29, 1.82) is 0 Å². The highest BCUT2D eigenvalue weighted by molar-refractivity contribution is 7.91. The number of nitrogens with zero attached hydrogens (tertiary/aromatic N) is 2. The third-order valence-electron chi connectivity index (χ3n) is 6.91. The van der Waals surface area contributed by atoms with E-state index in [1.807, 2.05) is 0 Å². The number of ether oxygens (including phenoxy) is 1. The zero-order valence-electron chi connectivity index (χ0n) is 19.7. The molecule has 0 radical (unpaired) electrons. The first-order chi connectivity index (χ1) is 17.5. The molecule has 0 saturated carbocycles. The topological polar surface area (TPSA) is 85.3 Å². The van der Waals surface area contributed by atoms with Crippen LogP contribution >= 0.6 is 0 Å². The summed E-state index contributed by atoms with van der Waals surface area (Å²) >= 11 is 0. The highest BCUT2D eigenvalue weighted by atomic mass is 32.2. The van der Waals surface area contributed by atoms with Crippen LogP contribution in [0, 0.1) is 0 Å². The van der Waals surface area contributed by atoms with E-state index >= 15 is 0 Å². The van der Waals surface area contributed by atoms with E-state index in [0.29, 0.717) is 23.3 Å². The Bertz CT molecular complexity index is 1450. The molecule has 1 amide bonds. The molecule has 1 spiro atoms. The Balaban J connectivity index is 1.38. The summed E-state index contributed by atoms with van der Waals surface area (Å²) in [5, 5.41) is 3.62. The van der Waals surface area contributed by atoms with Crippen LogP contribution in [0.4, 0.5) is 26.3 Å². The molecule has 1 fully saturated rings. The molecule has 204 valence electrons. The largest absolute Gasteiger partial charge is 0.435 e. The van der Waals surface area contributed by atoms with Crippen molar-refractivity contribution in [2.24, 2.45) is 5.16 Å². The van der Waals surface area contributed by atoms with E-state index in [4.69, 9.17) is 9.57 Å². The van der Waals surface area contributed by atoms with Crippen LogP contribution < -0.4 is 0 Å². The first kappa shape index (κ1) is 26.5. The lowest BCUT2D eigenvalue weighted by Gasteiger charge is -2.47. The van der Waals surface area contributed by atoms with Gasteiger partial charge in [0.05, 0.1) is 31.0 Å². The molecule has 0 aromatic heterocycles. The fraction of sp³-hybridized carbons (Fsp3) is 0.417. The van der Waals surface area contributed by atoms with Crippen LogP contribution in [0.5, 0.6) is 0 Å². The Hall–Kier alpha value is -3.13. The average Bonchev–Trinajstić information content (AvgIpc) is 3.39. The summed E-state index contributed by atoms with van der Waals surface area (Å²) in [6.07, 6.45) is -9.79. The second kappa shape index (κ2) is 8.43.